The first-order valence-electron chi connectivity index (χ1n) is 7.30. The number of hydrogen-bond acceptors (Lipinski definition) is 4. The zero-order valence-electron chi connectivity index (χ0n) is 13.5. The smallest absolute Gasteiger partial charge is 0.264 e. The van der Waals surface area contributed by atoms with E-state index < -0.39 is 10.1 Å². The first-order valence-corrected chi connectivity index (χ1v) is 8.91. The number of benzene rings is 2. The van der Waals surface area contributed by atoms with E-state index in [1.807, 2.05) is 12.1 Å². The lowest BCUT2D eigenvalue weighted by Gasteiger charge is -2.08. The van der Waals surface area contributed by atoms with Crippen LogP contribution in [0.2, 0.25) is 0 Å². The highest BCUT2D eigenvalue weighted by atomic mass is 32.2. The Morgan fingerprint density at radius 2 is 1.65 bits per heavy atom. The molecule has 6 heteroatoms. The highest BCUT2D eigenvalue weighted by molar-refractivity contribution is 7.85. The zero-order chi connectivity index (χ0) is 17.0. The predicted octanol–water partition coefficient (Wildman–Crippen LogP) is 3.54. The molecule has 1 heterocycles. The van der Waals surface area contributed by atoms with Crippen LogP contribution in [0.1, 0.15) is 12.5 Å². The van der Waals surface area contributed by atoms with Crippen LogP contribution in [-0.2, 0) is 16.7 Å². The lowest BCUT2D eigenvalue weighted by Crippen LogP contribution is -2.10. The molecule has 0 aliphatic rings. The first-order chi connectivity index (χ1) is 10.8. The quantitative estimate of drug-likeness (QED) is 0.741. The standard InChI is InChI=1S/C15H15NO.C2H6O3S/c1-16(2)10-11-7-8-15-13(9-11)12-5-3-4-6-14(12)17-15;1-2-6(3,4)5/h3-9H,10H2,1-2H3;2H2,1H3,(H,3,4,5). The van der Waals surface area contributed by atoms with Gasteiger partial charge in [0.1, 0.15) is 11.2 Å². The normalized spacial score (nSPS) is 11.7. The van der Waals surface area contributed by atoms with E-state index in [9.17, 15) is 8.42 Å². The second kappa shape index (κ2) is 7.12. The Balaban J connectivity index is 0.000000277. The number of nitrogens with zero attached hydrogens (tertiary/aromatic N) is 1. The minimum atomic E-state index is -3.66. The summed E-state index contributed by atoms with van der Waals surface area (Å²) in [6.07, 6.45) is 0. The fourth-order valence-electron chi connectivity index (χ4n) is 2.24. The third-order valence-corrected chi connectivity index (χ3v) is 4.03. The summed E-state index contributed by atoms with van der Waals surface area (Å²) >= 11 is 0. The van der Waals surface area contributed by atoms with Crippen LogP contribution >= 0.6 is 0 Å². The maximum Gasteiger partial charge on any atom is 0.264 e. The lowest BCUT2D eigenvalue weighted by atomic mass is 10.1. The van der Waals surface area contributed by atoms with E-state index in [1.54, 1.807) is 0 Å². The molecule has 3 aromatic rings. The van der Waals surface area contributed by atoms with Crippen molar-refractivity contribution < 1.29 is 17.4 Å². The molecule has 2 aromatic carbocycles. The van der Waals surface area contributed by atoms with Gasteiger partial charge in [0.05, 0.1) is 5.75 Å². The Labute approximate surface area is 136 Å². The summed E-state index contributed by atoms with van der Waals surface area (Å²) < 4.78 is 32.7. The molecule has 1 N–H and O–H groups in total. The second-order valence-corrected chi connectivity index (χ2v) is 7.28. The number of rotatable bonds is 3. The molecule has 23 heavy (non-hydrogen) atoms. The van der Waals surface area contributed by atoms with Gasteiger partial charge < -0.3 is 9.32 Å². The fraction of sp³-hybridized carbons (Fsp3) is 0.294. The van der Waals surface area contributed by atoms with E-state index in [-0.39, 0.29) is 5.75 Å². The first kappa shape index (κ1) is 17.5. The largest absolute Gasteiger partial charge is 0.456 e. The van der Waals surface area contributed by atoms with Crippen molar-refractivity contribution in [2.75, 3.05) is 19.8 Å². The molecule has 0 bridgehead atoms. The summed E-state index contributed by atoms with van der Waals surface area (Å²) in [5, 5.41) is 2.41. The summed E-state index contributed by atoms with van der Waals surface area (Å²) in [5.74, 6) is -0.201. The molecule has 0 radical (unpaired) electrons. The predicted molar refractivity (Wildman–Crippen MR) is 93.2 cm³/mol. The molecule has 0 unspecified atom stereocenters. The molecule has 0 aliphatic heterocycles. The monoisotopic (exact) mass is 335 g/mol. The summed E-state index contributed by atoms with van der Waals surface area (Å²) in [6.45, 7) is 2.32. The molecular formula is C17H21NO4S. The zero-order valence-corrected chi connectivity index (χ0v) is 14.3. The van der Waals surface area contributed by atoms with Crippen LogP contribution in [0, 0.1) is 0 Å². The Morgan fingerprint density at radius 1 is 1.04 bits per heavy atom. The summed E-state index contributed by atoms with van der Waals surface area (Å²) in [7, 11) is 0.500. The van der Waals surface area contributed by atoms with E-state index in [0.29, 0.717) is 0 Å². The van der Waals surface area contributed by atoms with Crippen LogP contribution in [0.3, 0.4) is 0 Å². The summed E-state index contributed by atoms with van der Waals surface area (Å²) in [4.78, 5) is 2.17. The van der Waals surface area contributed by atoms with Crippen molar-refractivity contribution in [3.63, 3.8) is 0 Å². The maximum atomic E-state index is 9.56. The van der Waals surface area contributed by atoms with Gasteiger partial charge in [0, 0.05) is 17.3 Å². The molecule has 0 amide bonds. The Morgan fingerprint density at radius 3 is 2.26 bits per heavy atom. The molecule has 0 aliphatic carbocycles. The van der Waals surface area contributed by atoms with Crippen molar-refractivity contribution in [1.29, 1.82) is 0 Å². The van der Waals surface area contributed by atoms with Gasteiger partial charge in [-0.2, -0.15) is 8.42 Å². The van der Waals surface area contributed by atoms with E-state index in [4.69, 9.17) is 8.97 Å². The highest BCUT2D eigenvalue weighted by Crippen LogP contribution is 2.29. The lowest BCUT2D eigenvalue weighted by molar-refractivity contribution is 0.402. The molecule has 0 saturated carbocycles. The molecule has 0 spiro atoms. The number of para-hydroxylation sites is 1. The van der Waals surface area contributed by atoms with Crippen molar-refractivity contribution in [2.45, 2.75) is 13.5 Å². The van der Waals surface area contributed by atoms with Crippen molar-refractivity contribution in [1.82, 2.24) is 4.90 Å². The molecule has 0 fully saturated rings. The Bertz CT molecular complexity index is 897. The number of fused-ring (bicyclic) bond motifs is 3. The fourth-order valence-corrected chi connectivity index (χ4v) is 2.24. The third kappa shape index (κ3) is 4.79. The van der Waals surface area contributed by atoms with Gasteiger partial charge in [-0.3, -0.25) is 4.55 Å². The van der Waals surface area contributed by atoms with Crippen LogP contribution < -0.4 is 0 Å². The van der Waals surface area contributed by atoms with E-state index in [0.717, 1.165) is 17.7 Å². The van der Waals surface area contributed by atoms with Crippen LogP contribution in [0.15, 0.2) is 46.9 Å². The Hall–Kier alpha value is -1.89. The average Bonchev–Trinajstić information content (AvgIpc) is 2.85. The minimum absolute atomic E-state index is 0.201. The van der Waals surface area contributed by atoms with Crippen molar-refractivity contribution in [2.24, 2.45) is 0 Å². The molecule has 0 atom stereocenters. The van der Waals surface area contributed by atoms with E-state index >= 15 is 0 Å². The van der Waals surface area contributed by atoms with Crippen LogP contribution in [0.4, 0.5) is 0 Å². The van der Waals surface area contributed by atoms with Gasteiger partial charge in [0.25, 0.3) is 10.1 Å². The molecule has 3 rings (SSSR count). The van der Waals surface area contributed by atoms with Gasteiger partial charge in [-0.1, -0.05) is 24.3 Å². The molecule has 0 saturated heterocycles. The van der Waals surface area contributed by atoms with Crippen LogP contribution in [0.5, 0.6) is 0 Å². The second-order valence-electron chi connectivity index (χ2n) is 5.54. The van der Waals surface area contributed by atoms with Gasteiger partial charge >= 0.3 is 0 Å². The summed E-state index contributed by atoms with van der Waals surface area (Å²) in [6, 6.07) is 14.6. The van der Waals surface area contributed by atoms with Gasteiger partial charge in [-0.15, -0.1) is 0 Å². The van der Waals surface area contributed by atoms with Crippen LogP contribution in [-0.4, -0.2) is 37.7 Å². The van der Waals surface area contributed by atoms with Gasteiger partial charge in [-0.05, 0) is 44.8 Å². The van der Waals surface area contributed by atoms with Crippen molar-refractivity contribution in [3.8, 4) is 0 Å². The summed E-state index contributed by atoms with van der Waals surface area (Å²) in [5.41, 5.74) is 3.24. The van der Waals surface area contributed by atoms with Gasteiger partial charge in [0.2, 0.25) is 0 Å². The van der Waals surface area contributed by atoms with Gasteiger partial charge in [0.15, 0.2) is 0 Å². The molecular weight excluding hydrogens is 314 g/mol. The minimum Gasteiger partial charge on any atom is -0.456 e. The SMILES string of the molecule is CCS(=O)(=O)O.CN(C)Cc1ccc2oc3ccccc3c2c1. The maximum absolute atomic E-state index is 9.56. The molecule has 5 nitrogen and oxygen atoms in total. The van der Waals surface area contributed by atoms with E-state index in [1.165, 1.54) is 23.3 Å². The third-order valence-electron chi connectivity index (χ3n) is 3.30. The van der Waals surface area contributed by atoms with E-state index in [2.05, 4.69) is 49.3 Å². The molecule has 124 valence electrons. The Kier molecular flexibility index (Phi) is 5.41. The molecule has 1 aromatic heterocycles. The number of hydrogen-bond donors (Lipinski definition) is 1. The van der Waals surface area contributed by atoms with Crippen molar-refractivity contribution in [3.05, 3.63) is 48.0 Å². The average molecular weight is 335 g/mol. The number of furan rings is 1. The van der Waals surface area contributed by atoms with Gasteiger partial charge in [-0.25, -0.2) is 0 Å². The van der Waals surface area contributed by atoms with Crippen LogP contribution in [0.25, 0.3) is 21.9 Å². The topological polar surface area (TPSA) is 70.8 Å². The highest BCUT2D eigenvalue weighted by Gasteiger charge is 2.06. The van der Waals surface area contributed by atoms with Crippen molar-refractivity contribution >= 4 is 32.1 Å².